The van der Waals surface area contributed by atoms with Crippen LogP contribution in [0.2, 0.25) is 0 Å². The van der Waals surface area contributed by atoms with E-state index in [2.05, 4.69) is 53.5 Å². The summed E-state index contributed by atoms with van der Waals surface area (Å²) in [6.07, 6.45) is 3.25. The molecule has 1 heterocycles. The van der Waals surface area contributed by atoms with Gasteiger partial charge in [0.2, 0.25) is 0 Å². The monoisotopic (exact) mass is 271 g/mol. The van der Waals surface area contributed by atoms with E-state index in [1.165, 1.54) is 12.0 Å². The molecule has 1 aliphatic rings. The minimum atomic E-state index is 0.00530. The molecular weight excluding hydrogens is 246 g/mol. The molecule has 2 unspecified atom stereocenters. The summed E-state index contributed by atoms with van der Waals surface area (Å²) >= 11 is 0. The summed E-state index contributed by atoms with van der Waals surface area (Å²) in [5, 5.41) is 12.4. The fraction of sp³-hybridized carbons (Fsp3) is 0.588. The summed E-state index contributed by atoms with van der Waals surface area (Å²) in [6, 6.07) is 13.2. The molecule has 0 radical (unpaired) electrons. The molecule has 1 saturated heterocycles. The number of benzene rings is 1. The van der Waals surface area contributed by atoms with Gasteiger partial charge in [0.05, 0.1) is 12.1 Å². The SMILES string of the molecule is CCCNC(C#N)CCN1CCC(c2ccccc2)C1. The average Bonchev–Trinajstić information content (AvgIpc) is 2.97. The first kappa shape index (κ1) is 15.0. The van der Waals surface area contributed by atoms with Gasteiger partial charge in [0.1, 0.15) is 0 Å². The molecule has 1 aromatic rings. The second-order valence-corrected chi connectivity index (χ2v) is 5.62. The molecule has 0 bridgehead atoms. The Hall–Kier alpha value is -1.37. The predicted molar refractivity (Wildman–Crippen MR) is 82.6 cm³/mol. The first-order valence-electron chi connectivity index (χ1n) is 7.73. The zero-order valence-electron chi connectivity index (χ0n) is 12.4. The number of nitrogens with one attached hydrogen (secondary N) is 1. The number of hydrogen-bond acceptors (Lipinski definition) is 3. The van der Waals surface area contributed by atoms with E-state index in [4.69, 9.17) is 5.26 Å². The number of nitriles is 1. The van der Waals surface area contributed by atoms with Crippen LogP contribution in [0.15, 0.2) is 30.3 Å². The zero-order chi connectivity index (χ0) is 14.2. The molecule has 1 aromatic carbocycles. The number of likely N-dealkylation sites (tertiary alicyclic amines) is 1. The molecule has 0 amide bonds. The number of hydrogen-bond donors (Lipinski definition) is 1. The van der Waals surface area contributed by atoms with Gasteiger partial charge in [0, 0.05) is 13.1 Å². The van der Waals surface area contributed by atoms with Gasteiger partial charge in [-0.25, -0.2) is 0 Å². The Morgan fingerprint density at radius 1 is 1.40 bits per heavy atom. The molecule has 0 aliphatic carbocycles. The zero-order valence-corrected chi connectivity index (χ0v) is 12.4. The minimum Gasteiger partial charge on any atom is -0.303 e. The highest BCUT2D eigenvalue weighted by atomic mass is 15.1. The molecular formula is C17H25N3. The largest absolute Gasteiger partial charge is 0.303 e. The Morgan fingerprint density at radius 2 is 2.20 bits per heavy atom. The lowest BCUT2D eigenvalue weighted by Crippen LogP contribution is -2.33. The highest BCUT2D eigenvalue weighted by Crippen LogP contribution is 2.26. The molecule has 1 N–H and O–H groups in total. The molecule has 3 heteroatoms. The van der Waals surface area contributed by atoms with E-state index in [1.807, 2.05) is 0 Å². The molecule has 3 nitrogen and oxygen atoms in total. The fourth-order valence-corrected chi connectivity index (χ4v) is 2.88. The van der Waals surface area contributed by atoms with Crippen molar-refractivity contribution in [1.29, 1.82) is 5.26 Å². The number of rotatable bonds is 7. The van der Waals surface area contributed by atoms with Gasteiger partial charge in [-0.2, -0.15) is 5.26 Å². The molecule has 20 heavy (non-hydrogen) atoms. The van der Waals surface area contributed by atoms with Gasteiger partial charge < -0.3 is 10.2 Å². The van der Waals surface area contributed by atoms with Gasteiger partial charge >= 0.3 is 0 Å². The smallest absolute Gasteiger partial charge is 0.0965 e. The minimum absolute atomic E-state index is 0.00530. The maximum atomic E-state index is 9.13. The Morgan fingerprint density at radius 3 is 2.90 bits per heavy atom. The van der Waals surface area contributed by atoms with Gasteiger partial charge in [0.15, 0.2) is 0 Å². The first-order chi connectivity index (χ1) is 9.83. The molecule has 108 valence electrons. The van der Waals surface area contributed by atoms with Crippen LogP contribution in [-0.4, -0.2) is 37.1 Å². The average molecular weight is 271 g/mol. The summed E-state index contributed by atoms with van der Waals surface area (Å²) < 4.78 is 0. The number of nitrogens with zero attached hydrogens (tertiary/aromatic N) is 2. The van der Waals surface area contributed by atoms with Crippen LogP contribution in [0.25, 0.3) is 0 Å². The predicted octanol–water partition coefficient (Wildman–Crippen LogP) is 2.76. The van der Waals surface area contributed by atoms with Crippen molar-refractivity contribution in [2.45, 2.75) is 38.1 Å². The van der Waals surface area contributed by atoms with Crippen molar-refractivity contribution in [2.75, 3.05) is 26.2 Å². The van der Waals surface area contributed by atoms with E-state index in [-0.39, 0.29) is 6.04 Å². The Bertz CT molecular complexity index is 424. The van der Waals surface area contributed by atoms with Crippen molar-refractivity contribution >= 4 is 0 Å². The van der Waals surface area contributed by atoms with E-state index >= 15 is 0 Å². The third-order valence-corrected chi connectivity index (χ3v) is 4.07. The highest BCUT2D eigenvalue weighted by molar-refractivity contribution is 5.21. The molecule has 0 spiro atoms. The van der Waals surface area contributed by atoms with Crippen LogP contribution < -0.4 is 5.32 Å². The third kappa shape index (κ3) is 4.33. The Labute approximate surface area is 122 Å². The topological polar surface area (TPSA) is 39.1 Å². The van der Waals surface area contributed by atoms with Crippen molar-refractivity contribution in [3.8, 4) is 6.07 Å². The van der Waals surface area contributed by atoms with Crippen LogP contribution in [0, 0.1) is 11.3 Å². The van der Waals surface area contributed by atoms with Crippen LogP contribution in [0.4, 0.5) is 0 Å². The summed E-state index contributed by atoms with van der Waals surface area (Å²) in [5.41, 5.74) is 1.45. The van der Waals surface area contributed by atoms with E-state index < -0.39 is 0 Å². The molecule has 2 atom stereocenters. The van der Waals surface area contributed by atoms with Crippen LogP contribution in [0.3, 0.4) is 0 Å². The van der Waals surface area contributed by atoms with Crippen molar-refractivity contribution in [1.82, 2.24) is 10.2 Å². The maximum Gasteiger partial charge on any atom is 0.0965 e. The van der Waals surface area contributed by atoms with Crippen molar-refractivity contribution < 1.29 is 0 Å². The van der Waals surface area contributed by atoms with Crippen molar-refractivity contribution in [3.05, 3.63) is 35.9 Å². The standard InChI is InChI=1S/C17H25N3/c1-2-10-19-17(13-18)9-12-20-11-8-16(14-20)15-6-4-3-5-7-15/h3-7,16-17,19H,2,8-12,14H2,1H3. The van der Waals surface area contributed by atoms with E-state index in [0.717, 1.165) is 39.0 Å². The summed E-state index contributed by atoms with van der Waals surface area (Å²) in [5.74, 6) is 0.667. The van der Waals surface area contributed by atoms with E-state index in [1.54, 1.807) is 0 Å². The van der Waals surface area contributed by atoms with Gasteiger partial charge in [-0.1, -0.05) is 37.3 Å². The van der Waals surface area contributed by atoms with Gasteiger partial charge in [0.25, 0.3) is 0 Å². The third-order valence-electron chi connectivity index (χ3n) is 4.07. The second kappa shape index (κ2) is 8.04. The van der Waals surface area contributed by atoms with Crippen LogP contribution in [-0.2, 0) is 0 Å². The van der Waals surface area contributed by atoms with Crippen LogP contribution >= 0.6 is 0 Å². The van der Waals surface area contributed by atoms with Crippen LogP contribution in [0.1, 0.15) is 37.7 Å². The summed E-state index contributed by atoms with van der Waals surface area (Å²) in [4.78, 5) is 2.50. The van der Waals surface area contributed by atoms with E-state index in [9.17, 15) is 0 Å². The van der Waals surface area contributed by atoms with Gasteiger partial charge in [-0.05, 0) is 43.8 Å². The van der Waals surface area contributed by atoms with Crippen molar-refractivity contribution in [3.63, 3.8) is 0 Å². The fourth-order valence-electron chi connectivity index (χ4n) is 2.88. The molecule has 0 aromatic heterocycles. The quantitative estimate of drug-likeness (QED) is 0.829. The normalized spacial score (nSPS) is 20.7. The first-order valence-corrected chi connectivity index (χ1v) is 7.73. The maximum absolute atomic E-state index is 9.13. The molecule has 1 aliphatic heterocycles. The van der Waals surface area contributed by atoms with E-state index in [0.29, 0.717) is 5.92 Å². The van der Waals surface area contributed by atoms with Gasteiger partial charge in [-0.3, -0.25) is 0 Å². The van der Waals surface area contributed by atoms with Crippen LogP contribution in [0.5, 0.6) is 0 Å². The lowest BCUT2D eigenvalue weighted by Gasteiger charge is -2.18. The summed E-state index contributed by atoms with van der Waals surface area (Å²) in [7, 11) is 0. The molecule has 0 saturated carbocycles. The Balaban J connectivity index is 1.75. The van der Waals surface area contributed by atoms with Crippen molar-refractivity contribution in [2.24, 2.45) is 0 Å². The lowest BCUT2D eigenvalue weighted by atomic mass is 9.99. The second-order valence-electron chi connectivity index (χ2n) is 5.62. The highest BCUT2D eigenvalue weighted by Gasteiger charge is 2.23. The van der Waals surface area contributed by atoms with Gasteiger partial charge in [-0.15, -0.1) is 0 Å². The summed E-state index contributed by atoms with van der Waals surface area (Å²) in [6.45, 7) is 6.39. The molecule has 1 fully saturated rings. The molecule has 2 rings (SSSR count). The Kier molecular flexibility index (Phi) is 6.04. The lowest BCUT2D eigenvalue weighted by molar-refractivity contribution is 0.317.